The Balaban J connectivity index is 0.000000687. The van der Waals surface area contributed by atoms with E-state index in [0.717, 1.165) is 36.1 Å². The molecule has 4 aliphatic heterocycles. The predicted octanol–water partition coefficient (Wildman–Crippen LogP) is 2.05. The van der Waals surface area contributed by atoms with Crippen molar-refractivity contribution >= 4 is 39.7 Å². The third-order valence-corrected chi connectivity index (χ3v) is 7.37. The predicted molar refractivity (Wildman–Crippen MR) is 116 cm³/mol. The normalized spacial score (nSPS) is 27.6. The number of piperidine rings is 3. The first kappa shape index (κ1) is 21.0. The van der Waals surface area contributed by atoms with Gasteiger partial charge in [0.1, 0.15) is 5.69 Å². The second-order valence-electron chi connectivity index (χ2n) is 8.10. The maximum atomic E-state index is 13.0. The van der Waals surface area contributed by atoms with Crippen LogP contribution in [-0.4, -0.2) is 78.7 Å². The van der Waals surface area contributed by atoms with E-state index in [-0.39, 0.29) is 24.5 Å². The van der Waals surface area contributed by atoms with Crippen LogP contribution in [0, 0.1) is 5.92 Å². The molecule has 1 aromatic carbocycles. The van der Waals surface area contributed by atoms with Crippen molar-refractivity contribution in [2.24, 2.45) is 5.92 Å². The minimum Gasteiger partial charge on any atom is -0.483 e. The van der Waals surface area contributed by atoms with Crippen molar-refractivity contribution in [3.63, 3.8) is 0 Å². The molecule has 6 rings (SSSR count). The molecule has 0 aliphatic carbocycles. The molecular formula is C21H28N4O4S. The molecule has 4 aliphatic rings. The number of carbonyl (C=O) groups is 2. The molecule has 0 saturated carbocycles. The van der Waals surface area contributed by atoms with Crippen molar-refractivity contribution < 1.29 is 19.4 Å². The Morgan fingerprint density at radius 3 is 2.67 bits per heavy atom. The largest absolute Gasteiger partial charge is 0.483 e. The number of amides is 1. The Morgan fingerprint density at radius 2 is 2.03 bits per heavy atom. The number of rotatable bonds is 4. The van der Waals surface area contributed by atoms with Crippen LogP contribution in [-0.2, 0) is 9.53 Å². The molecule has 8 nitrogen and oxygen atoms in total. The summed E-state index contributed by atoms with van der Waals surface area (Å²) < 4.78 is 11.2. The number of aromatic nitrogens is 1. The van der Waals surface area contributed by atoms with Crippen LogP contribution < -0.4 is 10.2 Å². The summed E-state index contributed by atoms with van der Waals surface area (Å²) >= 11 is 1.44. The number of nitrogens with one attached hydrogen (secondary N) is 1. The van der Waals surface area contributed by atoms with E-state index in [1.807, 2.05) is 12.1 Å². The van der Waals surface area contributed by atoms with Gasteiger partial charge >= 0.3 is 0 Å². The Hall–Kier alpha value is -2.23. The maximum absolute atomic E-state index is 13.0. The van der Waals surface area contributed by atoms with Gasteiger partial charge in [-0.05, 0) is 55.9 Å². The van der Waals surface area contributed by atoms with Crippen molar-refractivity contribution in [1.29, 1.82) is 0 Å². The van der Waals surface area contributed by atoms with Gasteiger partial charge in [0.05, 0.1) is 16.5 Å². The Bertz CT molecular complexity index is 896. The average molecular weight is 433 g/mol. The number of benzene rings is 1. The first-order valence-electron chi connectivity index (χ1n) is 10.4. The summed E-state index contributed by atoms with van der Waals surface area (Å²) in [7, 11) is 1.78. The maximum Gasteiger partial charge on any atom is 0.290 e. The van der Waals surface area contributed by atoms with Crippen molar-refractivity contribution in [3.05, 3.63) is 23.9 Å². The third kappa shape index (κ3) is 4.14. The van der Waals surface area contributed by atoms with Gasteiger partial charge in [-0.3, -0.25) is 9.59 Å². The van der Waals surface area contributed by atoms with Gasteiger partial charge in [0, 0.05) is 38.2 Å². The molecule has 162 valence electrons. The SMILES string of the molecule is CO[C@@H]1CCN(c2cccc3c(C(=O)NC4CN5CCC4CC5)nsc23)C1.O=CO. The zero-order valence-corrected chi connectivity index (χ0v) is 17.9. The van der Waals surface area contributed by atoms with Gasteiger partial charge < -0.3 is 25.0 Å². The van der Waals surface area contributed by atoms with E-state index in [0.29, 0.717) is 11.6 Å². The van der Waals surface area contributed by atoms with Crippen LogP contribution in [0.2, 0.25) is 0 Å². The van der Waals surface area contributed by atoms with Crippen LogP contribution in [0.25, 0.3) is 10.1 Å². The first-order valence-corrected chi connectivity index (χ1v) is 11.2. The summed E-state index contributed by atoms with van der Waals surface area (Å²) in [6.45, 7) is 4.97. The molecule has 0 radical (unpaired) electrons. The van der Waals surface area contributed by atoms with E-state index >= 15 is 0 Å². The summed E-state index contributed by atoms with van der Waals surface area (Å²) in [5, 5.41) is 11.1. The highest BCUT2D eigenvalue weighted by atomic mass is 32.1. The highest BCUT2D eigenvalue weighted by Crippen LogP contribution is 2.35. The zero-order valence-electron chi connectivity index (χ0n) is 17.1. The number of fused-ring (bicyclic) bond motifs is 4. The fraction of sp³-hybridized carbons (Fsp3) is 0.571. The van der Waals surface area contributed by atoms with Crippen LogP contribution in [0.1, 0.15) is 29.8 Å². The van der Waals surface area contributed by atoms with Crippen LogP contribution in [0.3, 0.4) is 0 Å². The van der Waals surface area contributed by atoms with Crippen LogP contribution in [0.4, 0.5) is 5.69 Å². The lowest BCUT2D eigenvalue weighted by molar-refractivity contribution is -0.122. The van der Waals surface area contributed by atoms with Gasteiger partial charge in [0.15, 0.2) is 0 Å². The molecular weight excluding hydrogens is 404 g/mol. The molecule has 4 saturated heterocycles. The van der Waals surface area contributed by atoms with Crippen LogP contribution in [0.15, 0.2) is 18.2 Å². The molecule has 1 unspecified atom stereocenters. The standard InChI is InChI=1S/C20H26N4O2S.CH2O2/c1-26-14-7-10-24(11-14)17-4-2-3-15-18(22-27-19(15)17)20(25)21-16-12-23-8-5-13(16)6-9-23;2-1-3/h2-4,13-14,16H,5-12H2,1H3,(H,21,25);1H,(H,2,3)/t14-,16?;/m1./s1. The first-order chi connectivity index (χ1) is 14.6. The summed E-state index contributed by atoms with van der Waals surface area (Å²) in [4.78, 5) is 26.1. The molecule has 0 spiro atoms. The smallest absolute Gasteiger partial charge is 0.290 e. The molecule has 2 atom stereocenters. The van der Waals surface area contributed by atoms with E-state index in [2.05, 4.69) is 25.6 Å². The molecule has 2 N–H and O–H groups in total. The summed E-state index contributed by atoms with van der Waals surface area (Å²) in [6, 6.07) is 6.46. The summed E-state index contributed by atoms with van der Waals surface area (Å²) in [6.07, 6.45) is 3.72. The number of carboxylic acid groups (broad SMARTS) is 1. The quantitative estimate of drug-likeness (QED) is 0.714. The van der Waals surface area contributed by atoms with Gasteiger partial charge in [-0.25, -0.2) is 0 Å². The second kappa shape index (κ2) is 9.28. The number of hydrogen-bond acceptors (Lipinski definition) is 7. The number of ether oxygens (including phenoxy) is 1. The minimum absolute atomic E-state index is 0.0201. The second-order valence-corrected chi connectivity index (χ2v) is 8.87. The highest BCUT2D eigenvalue weighted by molar-refractivity contribution is 7.14. The summed E-state index contributed by atoms with van der Waals surface area (Å²) in [5.41, 5.74) is 1.75. The Kier molecular flexibility index (Phi) is 6.50. The average Bonchev–Trinajstić information content (AvgIpc) is 3.42. The lowest BCUT2D eigenvalue weighted by Gasteiger charge is -2.44. The zero-order chi connectivity index (χ0) is 21.1. The Labute approximate surface area is 180 Å². The molecule has 4 fully saturated rings. The summed E-state index contributed by atoms with van der Waals surface area (Å²) in [5.74, 6) is 0.600. The van der Waals surface area contributed by atoms with Crippen molar-refractivity contribution in [1.82, 2.24) is 14.6 Å². The molecule has 30 heavy (non-hydrogen) atoms. The van der Waals surface area contributed by atoms with Crippen molar-refractivity contribution in [2.45, 2.75) is 31.4 Å². The molecule has 5 heterocycles. The molecule has 2 bridgehead atoms. The number of hydrogen-bond donors (Lipinski definition) is 2. The van der Waals surface area contributed by atoms with Crippen LogP contribution in [0.5, 0.6) is 0 Å². The van der Waals surface area contributed by atoms with Crippen LogP contribution >= 0.6 is 11.5 Å². The fourth-order valence-electron chi connectivity index (χ4n) is 4.87. The van der Waals surface area contributed by atoms with E-state index in [4.69, 9.17) is 14.6 Å². The fourth-order valence-corrected chi connectivity index (χ4v) is 5.78. The van der Waals surface area contributed by atoms with Gasteiger partial charge in [0.25, 0.3) is 12.4 Å². The van der Waals surface area contributed by atoms with Gasteiger partial charge in [-0.1, -0.05) is 12.1 Å². The molecule has 1 amide bonds. The monoisotopic (exact) mass is 432 g/mol. The topological polar surface area (TPSA) is 95.0 Å². The van der Waals surface area contributed by atoms with E-state index in [9.17, 15) is 4.79 Å². The number of nitrogens with zero attached hydrogens (tertiary/aromatic N) is 3. The highest BCUT2D eigenvalue weighted by Gasteiger charge is 2.35. The molecule has 9 heteroatoms. The molecule has 2 aromatic rings. The number of anilines is 1. The third-order valence-electron chi connectivity index (χ3n) is 6.48. The van der Waals surface area contributed by atoms with Gasteiger partial charge in [-0.15, -0.1) is 0 Å². The van der Waals surface area contributed by atoms with Crippen molar-refractivity contribution in [2.75, 3.05) is 44.7 Å². The Morgan fingerprint density at radius 1 is 1.27 bits per heavy atom. The number of methoxy groups -OCH3 is 1. The van der Waals surface area contributed by atoms with Crippen molar-refractivity contribution in [3.8, 4) is 0 Å². The van der Waals surface area contributed by atoms with E-state index < -0.39 is 0 Å². The van der Waals surface area contributed by atoms with E-state index in [1.54, 1.807) is 7.11 Å². The van der Waals surface area contributed by atoms with E-state index in [1.165, 1.54) is 43.2 Å². The molecule has 1 aromatic heterocycles. The lowest BCUT2D eigenvalue weighted by atomic mass is 9.84. The number of carbonyl (C=O) groups excluding carboxylic acids is 1. The van der Waals surface area contributed by atoms with Gasteiger partial charge in [0.2, 0.25) is 0 Å². The minimum atomic E-state index is -0.250. The van der Waals surface area contributed by atoms with Gasteiger partial charge in [-0.2, -0.15) is 4.37 Å². The lowest BCUT2D eigenvalue weighted by Crippen LogP contribution is -2.57.